The summed E-state index contributed by atoms with van der Waals surface area (Å²) in [6, 6.07) is 10.3. The quantitative estimate of drug-likeness (QED) is 0.296. The lowest BCUT2D eigenvalue weighted by Crippen LogP contribution is -2.13. The number of fused-ring (bicyclic) bond motifs is 1. The number of ether oxygens (including phenoxy) is 4. The maximum absolute atomic E-state index is 13.4. The van der Waals surface area contributed by atoms with Gasteiger partial charge >= 0.3 is 0 Å². The van der Waals surface area contributed by atoms with Crippen LogP contribution < -0.4 is 35.7 Å². The molecule has 0 radical (unpaired) electrons. The zero-order valence-electron chi connectivity index (χ0n) is 20.3. The van der Waals surface area contributed by atoms with Crippen LogP contribution in [0.1, 0.15) is 15.2 Å². The van der Waals surface area contributed by atoms with E-state index in [1.807, 2.05) is 0 Å². The van der Waals surface area contributed by atoms with Crippen molar-refractivity contribution in [2.45, 2.75) is 0 Å². The highest BCUT2D eigenvalue weighted by atomic mass is 35.5. The fourth-order valence-corrected chi connectivity index (χ4v) is 5.11. The number of hydrogen-bond acceptors (Lipinski definition) is 10. The van der Waals surface area contributed by atoms with Crippen molar-refractivity contribution in [1.82, 2.24) is 4.98 Å². The number of pyridine rings is 1. The molecule has 0 aliphatic heterocycles. The van der Waals surface area contributed by atoms with E-state index in [1.54, 1.807) is 24.3 Å². The van der Waals surface area contributed by atoms with Crippen molar-refractivity contribution < 1.29 is 23.7 Å². The van der Waals surface area contributed by atoms with Crippen LogP contribution in [-0.4, -0.2) is 39.3 Å². The fourth-order valence-electron chi connectivity index (χ4n) is 3.87. The summed E-state index contributed by atoms with van der Waals surface area (Å²) in [4.78, 5) is 18.3. The van der Waals surface area contributed by atoms with E-state index in [0.717, 1.165) is 11.3 Å². The van der Waals surface area contributed by atoms with Crippen molar-refractivity contribution in [3.8, 4) is 40.2 Å². The van der Waals surface area contributed by atoms with Gasteiger partial charge in [-0.05, 0) is 17.7 Å². The molecule has 0 atom stereocenters. The van der Waals surface area contributed by atoms with E-state index in [2.05, 4.69) is 16.4 Å². The molecule has 0 saturated heterocycles. The molecule has 0 spiro atoms. The monoisotopic (exact) mass is 539 g/mol. The molecule has 0 saturated carbocycles. The highest BCUT2D eigenvalue weighted by molar-refractivity contribution is 7.21. The molecule has 0 aliphatic rings. The average Bonchev–Trinajstić information content (AvgIpc) is 3.23. The number of benzene rings is 2. The zero-order chi connectivity index (χ0) is 26.9. The van der Waals surface area contributed by atoms with Gasteiger partial charge in [0.15, 0.2) is 11.5 Å². The summed E-state index contributed by atoms with van der Waals surface area (Å²) in [5.74, 6) is 1.14. The number of thiophene rings is 1. The number of aromatic nitrogens is 1. The van der Waals surface area contributed by atoms with E-state index < -0.39 is 5.91 Å². The molecular weight excluding hydrogens is 518 g/mol. The number of nitrogens with zero attached hydrogens (tertiary/aromatic N) is 2. The van der Waals surface area contributed by atoms with Crippen LogP contribution in [0.4, 0.5) is 17.2 Å². The Kier molecular flexibility index (Phi) is 7.15. The number of halogens is 1. The lowest BCUT2D eigenvalue weighted by molar-refractivity contribution is 0.103. The van der Waals surface area contributed by atoms with Crippen LogP contribution in [0.15, 0.2) is 30.3 Å². The summed E-state index contributed by atoms with van der Waals surface area (Å²) >= 11 is 7.22. The normalized spacial score (nSPS) is 10.6. The van der Waals surface area contributed by atoms with Crippen LogP contribution in [0.3, 0.4) is 0 Å². The van der Waals surface area contributed by atoms with Crippen molar-refractivity contribution >= 4 is 56.3 Å². The molecule has 5 N–H and O–H groups in total. The molecule has 4 rings (SSSR count). The Morgan fingerprint density at radius 1 is 1.00 bits per heavy atom. The molecule has 0 fully saturated rings. The molecule has 1 amide bonds. The van der Waals surface area contributed by atoms with Gasteiger partial charge in [0.05, 0.1) is 44.8 Å². The highest BCUT2D eigenvalue weighted by Crippen LogP contribution is 2.45. The number of methoxy groups -OCH3 is 4. The number of hydrogen-bond donors (Lipinski definition) is 3. The van der Waals surface area contributed by atoms with E-state index in [9.17, 15) is 10.1 Å². The third-order valence-electron chi connectivity index (χ3n) is 5.62. The van der Waals surface area contributed by atoms with Crippen molar-refractivity contribution in [3.63, 3.8) is 0 Å². The first kappa shape index (κ1) is 25.7. The predicted octanol–water partition coefficient (Wildman–Crippen LogP) is 4.94. The van der Waals surface area contributed by atoms with Gasteiger partial charge < -0.3 is 35.7 Å². The zero-order valence-corrected chi connectivity index (χ0v) is 21.8. The summed E-state index contributed by atoms with van der Waals surface area (Å²) in [6.07, 6.45) is 0. The molecule has 2 aromatic heterocycles. The number of anilines is 3. The van der Waals surface area contributed by atoms with Gasteiger partial charge in [-0.25, -0.2) is 4.98 Å². The Morgan fingerprint density at radius 2 is 1.68 bits per heavy atom. The summed E-state index contributed by atoms with van der Waals surface area (Å²) < 4.78 is 21.3. The van der Waals surface area contributed by atoms with Crippen LogP contribution in [0, 0.1) is 11.3 Å². The molecule has 4 aromatic rings. The molecule has 10 nitrogen and oxygen atoms in total. The number of rotatable bonds is 7. The highest BCUT2D eigenvalue weighted by Gasteiger charge is 2.26. The van der Waals surface area contributed by atoms with Crippen LogP contribution in [-0.2, 0) is 0 Å². The Labute approximate surface area is 221 Å². The second-order valence-corrected chi connectivity index (χ2v) is 9.00. The molecular formula is C25H22ClN5O5S. The Balaban J connectivity index is 1.89. The van der Waals surface area contributed by atoms with E-state index in [4.69, 9.17) is 42.0 Å². The number of amides is 1. The summed E-state index contributed by atoms with van der Waals surface area (Å²) in [5, 5.41) is 13.4. The van der Waals surface area contributed by atoms with Crippen LogP contribution in [0.25, 0.3) is 21.3 Å². The number of carbonyl (C=O) groups excluding carboxylic acids is 1. The minimum atomic E-state index is -0.515. The van der Waals surface area contributed by atoms with Crippen LogP contribution in [0.2, 0.25) is 5.02 Å². The summed E-state index contributed by atoms with van der Waals surface area (Å²) in [6.45, 7) is 0. The third-order valence-corrected chi connectivity index (χ3v) is 7.01. The Morgan fingerprint density at radius 3 is 2.30 bits per heavy atom. The van der Waals surface area contributed by atoms with Crippen molar-refractivity contribution in [2.75, 3.05) is 45.2 Å². The van der Waals surface area contributed by atoms with Gasteiger partial charge in [0.1, 0.15) is 38.7 Å². The molecule has 0 bridgehead atoms. The Bertz CT molecular complexity index is 1580. The van der Waals surface area contributed by atoms with Gasteiger partial charge in [-0.15, -0.1) is 11.3 Å². The van der Waals surface area contributed by atoms with Gasteiger partial charge in [0.2, 0.25) is 0 Å². The average molecular weight is 540 g/mol. The number of nitriles is 1. The standard InChI is InChI=1S/C25H22ClN5O5S/c1-33-15-6-5-11(7-18(15)36-4)19-12(10-27)23(29)31-25-20(19)21(28)22(37-25)24(32)30-14-9-16(34-2)13(26)8-17(14)35-3/h5-9H,28H2,1-4H3,(H2,29,31)(H,30,32). The van der Waals surface area contributed by atoms with Crippen molar-refractivity contribution in [2.24, 2.45) is 0 Å². The SMILES string of the molecule is COc1cc(NC(=O)c2sc3nc(N)c(C#N)c(-c4ccc(OC)c(OC)c4)c3c2N)c(OC)cc1Cl. The second-order valence-electron chi connectivity index (χ2n) is 7.59. The third kappa shape index (κ3) is 4.48. The van der Waals surface area contributed by atoms with E-state index in [1.165, 1.54) is 34.5 Å². The topological polar surface area (TPSA) is 155 Å². The summed E-state index contributed by atoms with van der Waals surface area (Å²) in [5.41, 5.74) is 14.3. The number of nitrogens with one attached hydrogen (secondary N) is 1. The minimum absolute atomic E-state index is 0.0112. The smallest absolute Gasteiger partial charge is 0.268 e. The lowest BCUT2D eigenvalue weighted by atomic mass is 9.97. The summed E-state index contributed by atoms with van der Waals surface area (Å²) in [7, 11) is 5.94. The first-order chi connectivity index (χ1) is 17.8. The molecule has 2 aromatic carbocycles. The first-order valence-corrected chi connectivity index (χ1v) is 11.8. The van der Waals surface area contributed by atoms with Crippen molar-refractivity contribution in [3.05, 3.63) is 45.8 Å². The van der Waals surface area contributed by atoms with Gasteiger partial charge in [0.25, 0.3) is 5.91 Å². The lowest BCUT2D eigenvalue weighted by Gasteiger charge is -2.13. The van der Waals surface area contributed by atoms with Crippen LogP contribution >= 0.6 is 22.9 Å². The van der Waals surface area contributed by atoms with E-state index in [0.29, 0.717) is 55.1 Å². The first-order valence-electron chi connectivity index (χ1n) is 10.6. The van der Waals surface area contributed by atoms with E-state index in [-0.39, 0.29) is 21.9 Å². The fraction of sp³-hybridized carbons (Fsp3) is 0.160. The predicted molar refractivity (Wildman–Crippen MR) is 144 cm³/mol. The molecule has 37 heavy (non-hydrogen) atoms. The number of nitrogen functional groups attached to an aromatic ring is 2. The molecule has 0 unspecified atom stereocenters. The number of carbonyl (C=O) groups is 1. The van der Waals surface area contributed by atoms with Gasteiger partial charge in [-0.2, -0.15) is 5.26 Å². The molecule has 190 valence electrons. The molecule has 0 aliphatic carbocycles. The van der Waals surface area contributed by atoms with Crippen LogP contribution in [0.5, 0.6) is 23.0 Å². The largest absolute Gasteiger partial charge is 0.495 e. The molecule has 2 heterocycles. The maximum Gasteiger partial charge on any atom is 0.268 e. The van der Waals surface area contributed by atoms with Crippen molar-refractivity contribution in [1.29, 1.82) is 5.26 Å². The van der Waals surface area contributed by atoms with E-state index >= 15 is 0 Å². The van der Waals surface area contributed by atoms with Gasteiger partial charge in [-0.3, -0.25) is 4.79 Å². The van der Waals surface area contributed by atoms with Gasteiger partial charge in [0, 0.05) is 23.1 Å². The van der Waals surface area contributed by atoms with Gasteiger partial charge in [-0.1, -0.05) is 17.7 Å². The molecule has 12 heteroatoms. The second kappa shape index (κ2) is 10.3. The Hall–Kier alpha value is -4.40. The minimum Gasteiger partial charge on any atom is -0.495 e. The maximum atomic E-state index is 13.4. The number of nitrogens with two attached hydrogens (primary N) is 2.